The molecule has 1 aromatic carbocycles. The number of hydrogen-bond donors (Lipinski definition) is 1. The molecule has 21 heavy (non-hydrogen) atoms. The van der Waals surface area contributed by atoms with E-state index >= 15 is 0 Å². The predicted molar refractivity (Wildman–Crippen MR) is 91.0 cm³/mol. The standard InChI is InChI=1S/C18H29N3/c1-15-7-9-18(13-19,10-8-15)14-21-12-11-20(2)16-5-3-4-6-17(16)21/h3-6,15H,7-14,19H2,1-2H3. The van der Waals surface area contributed by atoms with E-state index in [2.05, 4.69) is 48.0 Å². The Hall–Kier alpha value is -1.22. The molecule has 2 aliphatic rings. The fraction of sp³-hybridized carbons (Fsp3) is 0.667. The van der Waals surface area contributed by atoms with Crippen molar-refractivity contribution in [2.75, 3.05) is 43.0 Å². The highest BCUT2D eigenvalue weighted by molar-refractivity contribution is 5.73. The molecule has 0 unspecified atom stereocenters. The summed E-state index contributed by atoms with van der Waals surface area (Å²) in [6.07, 6.45) is 5.26. The Bertz CT molecular complexity index is 477. The van der Waals surface area contributed by atoms with Gasteiger partial charge in [0.15, 0.2) is 0 Å². The lowest BCUT2D eigenvalue weighted by Crippen LogP contribution is -2.48. The van der Waals surface area contributed by atoms with Gasteiger partial charge >= 0.3 is 0 Å². The normalized spacial score (nSPS) is 29.4. The van der Waals surface area contributed by atoms with Gasteiger partial charge in [0.05, 0.1) is 11.4 Å². The Morgan fingerprint density at radius 3 is 2.48 bits per heavy atom. The van der Waals surface area contributed by atoms with Crippen LogP contribution in [0.2, 0.25) is 0 Å². The maximum atomic E-state index is 6.21. The SMILES string of the molecule is CC1CCC(CN)(CN2CCN(C)c3ccccc32)CC1. The van der Waals surface area contributed by atoms with E-state index in [4.69, 9.17) is 5.73 Å². The number of fused-ring (bicyclic) bond motifs is 1. The minimum Gasteiger partial charge on any atom is -0.371 e. The zero-order chi connectivity index (χ0) is 14.9. The van der Waals surface area contributed by atoms with Gasteiger partial charge in [-0.3, -0.25) is 0 Å². The average Bonchev–Trinajstić information content (AvgIpc) is 2.53. The highest BCUT2D eigenvalue weighted by atomic mass is 15.3. The Labute approximate surface area is 129 Å². The summed E-state index contributed by atoms with van der Waals surface area (Å²) in [6, 6.07) is 8.79. The maximum Gasteiger partial charge on any atom is 0.0604 e. The Morgan fingerprint density at radius 1 is 1.14 bits per heavy atom. The molecule has 0 aromatic heterocycles. The van der Waals surface area contributed by atoms with Crippen molar-refractivity contribution < 1.29 is 0 Å². The summed E-state index contributed by atoms with van der Waals surface area (Å²) < 4.78 is 0. The van der Waals surface area contributed by atoms with E-state index in [0.29, 0.717) is 5.41 Å². The minimum absolute atomic E-state index is 0.329. The van der Waals surface area contributed by atoms with Crippen molar-refractivity contribution in [3.8, 4) is 0 Å². The van der Waals surface area contributed by atoms with E-state index in [9.17, 15) is 0 Å². The summed E-state index contributed by atoms with van der Waals surface area (Å²) in [5.74, 6) is 0.879. The number of nitrogens with zero attached hydrogens (tertiary/aromatic N) is 2. The molecule has 0 radical (unpaired) electrons. The van der Waals surface area contributed by atoms with Crippen LogP contribution >= 0.6 is 0 Å². The van der Waals surface area contributed by atoms with Gasteiger partial charge in [-0.25, -0.2) is 0 Å². The predicted octanol–water partition coefficient (Wildman–Crippen LogP) is 3.10. The van der Waals surface area contributed by atoms with Crippen LogP contribution in [-0.4, -0.2) is 33.2 Å². The number of rotatable bonds is 3. The van der Waals surface area contributed by atoms with E-state index in [0.717, 1.165) is 32.1 Å². The van der Waals surface area contributed by atoms with Crippen molar-refractivity contribution in [3.63, 3.8) is 0 Å². The summed E-state index contributed by atoms with van der Waals surface area (Å²) in [5, 5.41) is 0. The van der Waals surface area contributed by atoms with Gasteiger partial charge in [0.25, 0.3) is 0 Å². The fourth-order valence-corrected chi connectivity index (χ4v) is 3.94. The molecule has 1 saturated carbocycles. The highest BCUT2D eigenvalue weighted by Crippen LogP contribution is 2.41. The molecule has 0 amide bonds. The Balaban J connectivity index is 1.80. The van der Waals surface area contributed by atoms with Crippen molar-refractivity contribution in [3.05, 3.63) is 24.3 Å². The van der Waals surface area contributed by atoms with Crippen LogP contribution in [0.5, 0.6) is 0 Å². The van der Waals surface area contributed by atoms with Crippen LogP contribution in [0.15, 0.2) is 24.3 Å². The number of nitrogens with two attached hydrogens (primary N) is 1. The molecule has 1 heterocycles. The summed E-state index contributed by atoms with van der Waals surface area (Å²) in [4.78, 5) is 4.95. The smallest absolute Gasteiger partial charge is 0.0604 e. The van der Waals surface area contributed by atoms with Gasteiger partial charge < -0.3 is 15.5 Å². The number of anilines is 2. The zero-order valence-corrected chi connectivity index (χ0v) is 13.5. The van der Waals surface area contributed by atoms with Crippen LogP contribution in [0, 0.1) is 11.3 Å². The van der Waals surface area contributed by atoms with Gasteiger partial charge in [-0.2, -0.15) is 0 Å². The van der Waals surface area contributed by atoms with E-state index in [1.165, 1.54) is 37.1 Å². The van der Waals surface area contributed by atoms with Crippen molar-refractivity contribution in [2.45, 2.75) is 32.6 Å². The lowest BCUT2D eigenvalue weighted by atomic mass is 9.70. The first-order valence-electron chi connectivity index (χ1n) is 8.39. The second kappa shape index (κ2) is 5.88. The van der Waals surface area contributed by atoms with Crippen LogP contribution in [0.25, 0.3) is 0 Å². The van der Waals surface area contributed by atoms with Crippen LogP contribution < -0.4 is 15.5 Å². The topological polar surface area (TPSA) is 32.5 Å². The third-order valence-corrected chi connectivity index (χ3v) is 5.63. The van der Waals surface area contributed by atoms with Crippen molar-refractivity contribution in [2.24, 2.45) is 17.1 Å². The van der Waals surface area contributed by atoms with Gasteiger partial charge in [-0.05, 0) is 37.4 Å². The van der Waals surface area contributed by atoms with Gasteiger partial charge in [-0.15, -0.1) is 0 Å². The number of likely N-dealkylation sites (N-methyl/N-ethyl adjacent to an activating group) is 1. The molecule has 3 nitrogen and oxygen atoms in total. The molecule has 3 rings (SSSR count). The van der Waals surface area contributed by atoms with E-state index in [1.807, 2.05) is 0 Å². The third-order valence-electron chi connectivity index (χ3n) is 5.63. The molecule has 1 aliphatic carbocycles. The van der Waals surface area contributed by atoms with E-state index in [1.54, 1.807) is 0 Å². The largest absolute Gasteiger partial charge is 0.371 e. The van der Waals surface area contributed by atoms with Crippen molar-refractivity contribution in [1.29, 1.82) is 0 Å². The number of para-hydroxylation sites is 2. The number of benzene rings is 1. The van der Waals surface area contributed by atoms with E-state index < -0.39 is 0 Å². The summed E-state index contributed by atoms with van der Waals surface area (Å²) >= 11 is 0. The van der Waals surface area contributed by atoms with Crippen LogP contribution in [0.1, 0.15) is 32.6 Å². The first-order chi connectivity index (χ1) is 10.1. The monoisotopic (exact) mass is 287 g/mol. The zero-order valence-electron chi connectivity index (χ0n) is 13.5. The molecule has 0 atom stereocenters. The Kier molecular flexibility index (Phi) is 4.12. The Morgan fingerprint density at radius 2 is 1.81 bits per heavy atom. The summed E-state index contributed by atoms with van der Waals surface area (Å²) in [6.45, 7) is 6.56. The third kappa shape index (κ3) is 2.89. The molecule has 0 bridgehead atoms. The molecule has 0 saturated heterocycles. The van der Waals surface area contributed by atoms with Gasteiger partial charge in [0.1, 0.15) is 0 Å². The second-order valence-corrected chi connectivity index (χ2v) is 7.22. The lowest BCUT2D eigenvalue weighted by molar-refractivity contribution is 0.169. The van der Waals surface area contributed by atoms with Gasteiger partial charge in [0.2, 0.25) is 0 Å². The number of hydrogen-bond acceptors (Lipinski definition) is 3. The highest BCUT2D eigenvalue weighted by Gasteiger charge is 2.36. The fourth-order valence-electron chi connectivity index (χ4n) is 3.94. The summed E-state index contributed by atoms with van der Waals surface area (Å²) in [5.41, 5.74) is 9.29. The first kappa shape index (κ1) is 14.7. The molecule has 3 heteroatoms. The second-order valence-electron chi connectivity index (χ2n) is 7.22. The van der Waals surface area contributed by atoms with Crippen LogP contribution in [0.3, 0.4) is 0 Å². The molecule has 116 valence electrons. The van der Waals surface area contributed by atoms with Crippen LogP contribution in [-0.2, 0) is 0 Å². The van der Waals surface area contributed by atoms with Crippen molar-refractivity contribution >= 4 is 11.4 Å². The molecular formula is C18H29N3. The van der Waals surface area contributed by atoms with E-state index in [-0.39, 0.29) is 0 Å². The quantitative estimate of drug-likeness (QED) is 0.927. The summed E-state index contributed by atoms with van der Waals surface area (Å²) in [7, 11) is 2.19. The molecule has 0 spiro atoms. The minimum atomic E-state index is 0.329. The van der Waals surface area contributed by atoms with Crippen LogP contribution in [0.4, 0.5) is 11.4 Å². The first-order valence-corrected chi connectivity index (χ1v) is 8.39. The molecule has 1 fully saturated rings. The van der Waals surface area contributed by atoms with Gasteiger partial charge in [0, 0.05) is 32.1 Å². The van der Waals surface area contributed by atoms with Crippen molar-refractivity contribution in [1.82, 2.24) is 0 Å². The average molecular weight is 287 g/mol. The maximum absolute atomic E-state index is 6.21. The molecule has 1 aromatic rings. The molecule has 2 N–H and O–H groups in total. The lowest BCUT2D eigenvalue weighted by Gasteiger charge is -2.45. The molecular weight excluding hydrogens is 258 g/mol. The van der Waals surface area contributed by atoms with Gasteiger partial charge in [-0.1, -0.05) is 31.9 Å². The molecule has 1 aliphatic heterocycles.